The number of anilines is 1. The van der Waals surface area contributed by atoms with Gasteiger partial charge in [0.2, 0.25) is 11.5 Å². The van der Waals surface area contributed by atoms with E-state index in [0.717, 1.165) is 22.3 Å². The normalized spacial score (nSPS) is 11.4. The number of methoxy groups -OCH3 is 1. The molecular formula is C22H24N2O3. The number of aromatic nitrogens is 1. The van der Waals surface area contributed by atoms with Crippen LogP contribution in [0.3, 0.4) is 0 Å². The highest BCUT2D eigenvalue weighted by Gasteiger charge is 2.18. The second kappa shape index (κ2) is 7.27. The second-order valence-corrected chi connectivity index (χ2v) is 7.63. The summed E-state index contributed by atoms with van der Waals surface area (Å²) in [6.07, 6.45) is 0.244. The Labute approximate surface area is 158 Å². The van der Waals surface area contributed by atoms with Gasteiger partial charge in [0.25, 0.3) is 0 Å². The lowest BCUT2D eigenvalue weighted by molar-refractivity contribution is -0.115. The lowest BCUT2D eigenvalue weighted by Crippen LogP contribution is -2.18. The molecule has 3 rings (SSSR count). The smallest absolute Gasteiger partial charge is 0.248 e. The molecule has 0 aliphatic rings. The fraction of sp³-hybridized carbons (Fsp3) is 0.273. The van der Waals surface area contributed by atoms with Crippen LogP contribution in [-0.2, 0) is 16.6 Å². The van der Waals surface area contributed by atoms with Crippen molar-refractivity contribution in [2.75, 3.05) is 12.4 Å². The van der Waals surface area contributed by atoms with Crippen LogP contribution in [0.5, 0.6) is 5.75 Å². The topological polar surface area (TPSA) is 71.2 Å². The molecule has 0 radical (unpaired) electrons. The predicted octanol–water partition coefficient (Wildman–Crippen LogP) is 4.02. The quantitative estimate of drug-likeness (QED) is 0.735. The second-order valence-electron chi connectivity index (χ2n) is 7.63. The Hall–Kier alpha value is -3.08. The molecule has 2 aromatic carbocycles. The molecule has 1 amide bonds. The molecule has 1 heterocycles. The van der Waals surface area contributed by atoms with Crippen LogP contribution < -0.4 is 15.6 Å². The van der Waals surface area contributed by atoms with Gasteiger partial charge >= 0.3 is 0 Å². The third kappa shape index (κ3) is 4.37. The summed E-state index contributed by atoms with van der Waals surface area (Å²) in [5.41, 5.74) is 2.92. The first-order valence-electron chi connectivity index (χ1n) is 8.86. The monoisotopic (exact) mass is 364 g/mol. The highest BCUT2D eigenvalue weighted by atomic mass is 16.5. The Balaban J connectivity index is 1.85. The summed E-state index contributed by atoms with van der Waals surface area (Å²) >= 11 is 0. The summed E-state index contributed by atoms with van der Waals surface area (Å²) in [6, 6.07) is 14.7. The van der Waals surface area contributed by atoms with Gasteiger partial charge in [-0.2, -0.15) is 0 Å². The minimum atomic E-state index is -0.149. The van der Waals surface area contributed by atoms with E-state index in [1.54, 1.807) is 19.2 Å². The Morgan fingerprint density at radius 3 is 2.59 bits per heavy atom. The summed E-state index contributed by atoms with van der Waals surface area (Å²) < 4.78 is 5.19. The standard InChI is InChI=1S/C22H24N2O3/c1-22(2,3)18-13-21(26)24-19-12-15(8-9-17(18)19)23-20(25)11-14-6-5-7-16(10-14)27-4/h5-10,12-13H,11H2,1-4H3,(H,23,25)(H,24,26). The van der Waals surface area contributed by atoms with Crippen molar-refractivity contribution < 1.29 is 9.53 Å². The lowest BCUT2D eigenvalue weighted by atomic mass is 9.85. The van der Waals surface area contributed by atoms with E-state index in [0.29, 0.717) is 11.2 Å². The summed E-state index contributed by atoms with van der Waals surface area (Å²) in [6.45, 7) is 6.22. The molecule has 27 heavy (non-hydrogen) atoms. The number of aromatic amines is 1. The maximum absolute atomic E-state index is 12.4. The number of nitrogens with one attached hydrogen (secondary N) is 2. The van der Waals surface area contributed by atoms with Gasteiger partial charge in [0.1, 0.15) is 5.75 Å². The molecule has 0 fully saturated rings. The first kappa shape index (κ1) is 18.7. The van der Waals surface area contributed by atoms with Crippen LogP contribution in [0.4, 0.5) is 5.69 Å². The van der Waals surface area contributed by atoms with E-state index in [4.69, 9.17) is 4.74 Å². The van der Waals surface area contributed by atoms with E-state index in [1.807, 2.05) is 36.4 Å². The summed E-state index contributed by atoms with van der Waals surface area (Å²) in [5, 5.41) is 3.88. The Kier molecular flexibility index (Phi) is 5.04. The summed E-state index contributed by atoms with van der Waals surface area (Å²) in [5.74, 6) is 0.593. The average molecular weight is 364 g/mol. The molecule has 0 aliphatic heterocycles. The van der Waals surface area contributed by atoms with E-state index in [9.17, 15) is 9.59 Å². The van der Waals surface area contributed by atoms with Crippen molar-refractivity contribution in [1.82, 2.24) is 4.98 Å². The molecule has 5 nitrogen and oxygen atoms in total. The first-order valence-corrected chi connectivity index (χ1v) is 8.86. The van der Waals surface area contributed by atoms with E-state index < -0.39 is 0 Å². The lowest BCUT2D eigenvalue weighted by Gasteiger charge is -2.21. The van der Waals surface area contributed by atoms with E-state index in [-0.39, 0.29) is 23.3 Å². The number of amides is 1. The van der Waals surface area contributed by atoms with Gasteiger partial charge in [-0.05, 0) is 40.8 Å². The van der Waals surface area contributed by atoms with Gasteiger partial charge in [0, 0.05) is 17.1 Å². The van der Waals surface area contributed by atoms with Crippen molar-refractivity contribution in [2.24, 2.45) is 0 Å². The largest absolute Gasteiger partial charge is 0.497 e. The minimum absolute atomic E-state index is 0.128. The fourth-order valence-electron chi connectivity index (χ4n) is 3.13. The summed E-state index contributed by atoms with van der Waals surface area (Å²) in [4.78, 5) is 27.3. The number of carbonyl (C=O) groups excluding carboxylic acids is 1. The van der Waals surface area contributed by atoms with Crippen LogP contribution in [-0.4, -0.2) is 18.0 Å². The zero-order valence-electron chi connectivity index (χ0n) is 16.1. The van der Waals surface area contributed by atoms with Gasteiger partial charge in [-0.15, -0.1) is 0 Å². The van der Waals surface area contributed by atoms with Crippen LogP contribution in [0.2, 0.25) is 0 Å². The van der Waals surface area contributed by atoms with E-state index >= 15 is 0 Å². The molecule has 0 aliphatic carbocycles. The van der Waals surface area contributed by atoms with Gasteiger partial charge in [-0.25, -0.2) is 0 Å². The highest BCUT2D eigenvalue weighted by molar-refractivity contribution is 5.95. The van der Waals surface area contributed by atoms with Gasteiger partial charge in [0.05, 0.1) is 19.0 Å². The van der Waals surface area contributed by atoms with Crippen LogP contribution in [0, 0.1) is 0 Å². The van der Waals surface area contributed by atoms with Gasteiger partial charge in [-0.3, -0.25) is 9.59 Å². The van der Waals surface area contributed by atoms with Crippen LogP contribution in [0.25, 0.3) is 10.9 Å². The van der Waals surface area contributed by atoms with Crippen molar-refractivity contribution in [3.63, 3.8) is 0 Å². The number of H-pyrrole nitrogens is 1. The van der Waals surface area contributed by atoms with Crippen molar-refractivity contribution in [2.45, 2.75) is 32.6 Å². The van der Waals surface area contributed by atoms with Crippen molar-refractivity contribution in [3.8, 4) is 5.75 Å². The number of carbonyl (C=O) groups is 1. The Bertz CT molecular complexity index is 1050. The summed E-state index contributed by atoms with van der Waals surface area (Å²) in [7, 11) is 1.60. The molecule has 0 saturated heterocycles. The van der Waals surface area contributed by atoms with Gasteiger partial charge < -0.3 is 15.0 Å². The van der Waals surface area contributed by atoms with Crippen LogP contribution in [0.1, 0.15) is 31.9 Å². The maximum Gasteiger partial charge on any atom is 0.248 e. The molecule has 2 N–H and O–H groups in total. The fourth-order valence-corrected chi connectivity index (χ4v) is 3.13. The zero-order valence-corrected chi connectivity index (χ0v) is 16.1. The predicted molar refractivity (Wildman–Crippen MR) is 109 cm³/mol. The van der Waals surface area contributed by atoms with Crippen LogP contribution in [0.15, 0.2) is 53.3 Å². The molecule has 0 bridgehead atoms. The SMILES string of the molecule is COc1cccc(CC(=O)Nc2ccc3c(C(C)(C)C)cc(=O)[nH]c3c2)c1. The molecule has 0 atom stereocenters. The average Bonchev–Trinajstić information content (AvgIpc) is 2.60. The first-order chi connectivity index (χ1) is 12.8. The molecular weight excluding hydrogens is 340 g/mol. The van der Waals surface area contributed by atoms with Crippen molar-refractivity contribution in [1.29, 1.82) is 0 Å². The van der Waals surface area contributed by atoms with E-state index in [1.165, 1.54) is 0 Å². The number of hydrogen-bond donors (Lipinski definition) is 2. The van der Waals surface area contributed by atoms with E-state index in [2.05, 4.69) is 31.1 Å². The van der Waals surface area contributed by atoms with Gasteiger partial charge in [0.15, 0.2) is 0 Å². The zero-order chi connectivity index (χ0) is 19.6. The number of rotatable bonds is 4. The van der Waals surface area contributed by atoms with Gasteiger partial charge in [-0.1, -0.05) is 39.0 Å². The van der Waals surface area contributed by atoms with Crippen molar-refractivity contribution in [3.05, 3.63) is 70.0 Å². The molecule has 5 heteroatoms. The Morgan fingerprint density at radius 2 is 1.89 bits per heavy atom. The molecule has 0 unspecified atom stereocenters. The molecule has 140 valence electrons. The third-order valence-corrected chi connectivity index (χ3v) is 4.43. The number of pyridine rings is 1. The van der Waals surface area contributed by atoms with Crippen molar-refractivity contribution >= 4 is 22.5 Å². The maximum atomic E-state index is 12.4. The highest BCUT2D eigenvalue weighted by Crippen LogP contribution is 2.29. The molecule has 0 saturated carbocycles. The molecule has 0 spiro atoms. The third-order valence-electron chi connectivity index (χ3n) is 4.43. The van der Waals surface area contributed by atoms with Crippen LogP contribution >= 0.6 is 0 Å². The Morgan fingerprint density at radius 1 is 1.11 bits per heavy atom. The number of benzene rings is 2. The number of hydrogen-bond acceptors (Lipinski definition) is 3. The molecule has 1 aromatic heterocycles. The molecule has 3 aromatic rings. The minimum Gasteiger partial charge on any atom is -0.497 e. The number of fused-ring (bicyclic) bond motifs is 1. The number of ether oxygens (including phenoxy) is 1.